The van der Waals surface area contributed by atoms with Gasteiger partial charge in [0.05, 0.1) is 24.0 Å². The molecule has 0 rings (SSSR count). The maximum Gasteiger partial charge on any atom is 0.305 e. The molecule has 72 valence electrons. The quantitative estimate of drug-likeness (QED) is 0.584. The van der Waals surface area contributed by atoms with Crippen molar-refractivity contribution in [2.75, 3.05) is 18.1 Å². The third-order valence-corrected chi connectivity index (χ3v) is 1.86. The van der Waals surface area contributed by atoms with E-state index in [2.05, 4.69) is 5.32 Å². The molecule has 13 heavy (non-hydrogen) atoms. The van der Waals surface area contributed by atoms with Crippen LogP contribution in [0.4, 0.5) is 0 Å². The number of carboxylic acid groups (broad SMARTS) is 1. The van der Waals surface area contributed by atoms with E-state index in [9.17, 15) is 9.59 Å². The van der Waals surface area contributed by atoms with Crippen molar-refractivity contribution in [3.8, 4) is 6.07 Å². The second kappa shape index (κ2) is 7.43. The summed E-state index contributed by atoms with van der Waals surface area (Å²) in [5.74, 6) is -0.703. The van der Waals surface area contributed by atoms with Crippen LogP contribution < -0.4 is 5.32 Å². The summed E-state index contributed by atoms with van der Waals surface area (Å²) >= 11 is 1.20. The van der Waals surface area contributed by atoms with Crippen molar-refractivity contribution < 1.29 is 14.7 Å². The number of nitrogens with one attached hydrogen (secondary N) is 1. The number of aliphatic carboxylic acids is 1. The van der Waals surface area contributed by atoms with Crippen molar-refractivity contribution in [1.82, 2.24) is 5.32 Å². The van der Waals surface area contributed by atoms with Gasteiger partial charge in [-0.15, -0.1) is 11.8 Å². The summed E-state index contributed by atoms with van der Waals surface area (Å²) in [6, 6.07) is 1.89. The molecule has 1 amide bonds. The lowest BCUT2D eigenvalue weighted by molar-refractivity contribution is -0.136. The van der Waals surface area contributed by atoms with E-state index < -0.39 is 5.97 Å². The highest BCUT2D eigenvalue weighted by atomic mass is 32.2. The zero-order chi connectivity index (χ0) is 10.1. The van der Waals surface area contributed by atoms with Gasteiger partial charge in [0.15, 0.2) is 0 Å². The van der Waals surface area contributed by atoms with E-state index in [1.807, 2.05) is 6.07 Å². The third kappa shape index (κ3) is 8.69. The SMILES string of the molecule is N#CCSCC(=O)NCCC(=O)O. The lowest BCUT2D eigenvalue weighted by atomic mass is 10.4. The van der Waals surface area contributed by atoms with Crippen LogP contribution in [0.1, 0.15) is 6.42 Å². The van der Waals surface area contributed by atoms with Crippen molar-refractivity contribution in [1.29, 1.82) is 5.26 Å². The minimum atomic E-state index is -0.940. The van der Waals surface area contributed by atoms with E-state index in [4.69, 9.17) is 10.4 Å². The molecular weight excluding hydrogens is 192 g/mol. The number of nitriles is 1. The van der Waals surface area contributed by atoms with Gasteiger partial charge in [-0.05, 0) is 0 Å². The molecule has 0 spiro atoms. The Morgan fingerprint density at radius 2 is 2.23 bits per heavy atom. The first-order valence-corrected chi connectivity index (χ1v) is 4.75. The van der Waals surface area contributed by atoms with Crippen molar-refractivity contribution in [3.63, 3.8) is 0 Å². The summed E-state index contributed by atoms with van der Waals surface area (Å²) in [5, 5.41) is 18.8. The van der Waals surface area contributed by atoms with Crippen molar-refractivity contribution >= 4 is 23.6 Å². The average Bonchev–Trinajstić information content (AvgIpc) is 2.04. The van der Waals surface area contributed by atoms with E-state index >= 15 is 0 Å². The maximum absolute atomic E-state index is 10.9. The lowest BCUT2D eigenvalue weighted by Crippen LogP contribution is -2.27. The van der Waals surface area contributed by atoms with Crippen LogP contribution in [-0.2, 0) is 9.59 Å². The second-order valence-electron chi connectivity index (χ2n) is 2.14. The summed E-state index contributed by atoms with van der Waals surface area (Å²) in [6.07, 6.45) is -0.0747. The summed E-state index contributed by atoms with van der Waals surface area (Å²) in [5.41, 5.74) is 0. The zero-order valence-electron chi connectivity index (χ0n) is 6.95. The minimum absolute atomic E-state index is 0.0747. The van der Waals surface area contributed by atoms with Crippen LogP contribution >= 0.6 is 11.8 Å². The van der Waals surface area contributed by atoms with Crippen molar-refractivity contribution in [3.05, 3.63) is 0 Å². The lowest BCUT2D eigenvalue weighted by Gasteiger charge is -2.00. The number of carboxylic acids is 1. The molecule has 5 nitrogen and oxygen atoms in total. The summed E-state index contributed by atoms with van der Waals surface area (Å²) < 4.78 is 0. The highest BCUT2D eigenvalue weighted by molar-refractivity contribution is 8.00. The normalized spacial score (nSPS) is 8.85. The monoisotopic (exact) mass is 202 g/mol. The molecule has 0 aliphatic heterocycles. The molecule has 0 saturated heterocycles. The number of amides is 1. The van der Waals surface area contributed by atoms with Crippen LogP contribution in [0.2, 0.25) is 0 Å². The van der Waals surface area contributed by atoms with Gasteiger partial charge in [0.25, 0.3) is 0 Å². The smallest absolute Gasteiger partial charge is 0.305 e. The van der Waals surface area contributed by atoms with Gasteiger partial charge in [-0.25, -0.2) is 0 Å². The molecule has 0 saturated carbocycles. The van der Waals surface area contributed by atoms with Crippen LogP contribution in [0.25, 0.3) is 0 Å². The van der Waals surface area contributed by atoms with E-state index in [-0.39, 0.29) is 30.4 Å². The van der Waals surface area contributed by atoms with Crippen LogP contribution in [-0.4, -0.2) is 35.0 Å². The first-order valence-electron chi connectivity index (χ1n) is 3.60. The third-order valence-electron chi connectivity index (χ3n) is 1.06. The number of carbonyl (C=O) groups excluding carboxylic acids is 1. The topological polar surface area (TPSA) is 90.2 Å². The highest BCUT2D eigenvalue weighted by Crippen LogP contribution is 1.96. The van der Waals surface area contributed by atoms with Crippen LogP contribution in [0.15, 0.2) is 0 Å². The Bertz CT molecular complexity index is 224. The molecule has 6 heteroatoms. The first kappa shape index (κ1) is 11.8. The number of hydrogen-bond acceptors (Lipinski definition) is 4. The molecule has 0 heterocycles. The molecule has 0 bridgehead atoms. The molecule has 0 unspecified atom stereocenters. The standard InChI is InChI=1S/C7H10N2O3S/c8-2-4-13-5-6(10)9-3-1-7(11)12/h1,3-5H2,(H,9,10)(H,11,12). The van der Waals surface area contributed by atoms with Gasteiger partial charge in [0, 0.05) is 6.54 Å². The van der Waals surface area contributed by atoms with Gasteiger partial charge in [-0.3, -0.25) is 9.59 Å². The molecule has 0 aliphatic rings. The van der Waals surface area contributed by atoms with Crippen molar-refractivity contribution in [2.45, 2.75) is 6.42 Å². The number of nitrogens with zero attached hydrogens (tertiary/aromatic N) is 1. The van der Waals surface area contributed by atoms with Crippen LogP contribution in [0.5, 0.6) is 0 Å². The predicted molar refractivity (Wildman–Crippen MR) is 48.2 cm³/mol. The van der Waals surface area contributed by atoms with E-state index in [0.29, 0.717) is 0 Å². The fraction of sp³-hybridized carbons (Fsp3) is 0.571. The van der Waals surface area contributed by atoms with Crippen molar-refractivity contribution in [2.24, 2.45) is 0 Å². The fourth-order valence-corrected chi connectivity index (χ4v) is 1.03. The Labute approximate surface area is 80.1 Å². The highest BCUT2D eigenvalue weighted by Gasteiger charge is 2.01. The number of thioether (sulfide) groups is 1. The molecule has 0 atom stereocenters. The molecule has 2 N–H and O–H groups in total. The number of hydrogen-bond donors (Lipinski definition) is 2. The summed E-state index contributed by atoms with van der Waals surface area (Å²) in [4.78, 5) is 20.9. The minimum Gasteiger partial charge on any atom is -0.481 e. The van der Waals surface area contributed by atoms with Crippen LogP contribution in [0.3, 0.4) is 0 Å². The molecule has 0 radical (unpaired) electrons. The Balaban J connectivity index is 3.31. The van der Waals surface area contributed by atoms with E-state index in [1.54, 1.807) is 0 Å². The Morgan fingerprint density at radius 3 is 2.77 bits per heavy atom. The molecule has 0 aliphatic carbocycles. The second-order valence-corrected chi connectivity index (χ2v) is 3.13. The average molecular weight is 202 g/mol. The Hall–Kier alpha value is -1.22. The fourth-order valence-electron chi connectivity index (χ4n) is 0.549. The molecule has 0 aromatic heterocycles. The van der Waals surface area contributed by atoms with E-state index in [0.717, 1.165) is 0 Å². The van der Waals surface area contributed by atoms with Gasteiger partial charge >= 0.3 is 5.97 Å². The molecule has 0 aromatic carbocycles. The Kier molecular flexibility index (Phi) is 6.73. The van der Waals surface area contributed by atoms with E-state index in [1.165, 1.54) is 11.8 Å². The van der Waals surface area contributed by atoms with Gasteiger partial charge < -0.3 is 10.4 Å². The zero-order valence-corrected chi connectivity index (χ0v) is 7.76. The van der Waals surface area contributed by atoms with Gasteiger partial charge in [0.1, 0.15) is 0 Å². The van der Waals surface area contributed by atoms with Gasteiger partial charge in [0.2, 0.25) is 5.91 Å². The van der Waals surface area contributed by atoms with Gasteiger partial charge in [-0.2, -0.15) is 5.26 Å². The molecular formula is C7H10N2O3S. The largest absolute Gasteiger partial charge is 0.481 e. The molecule has 0 fully saturated rings. The predicted octanol–water partition coefficient (Wildman–Crippen LogP) is -0.166. The van der Waals surface area contributed by atoms with Crippen LogP contribution in [0, 0.1) is 11.3 Å². The first-order chi connectivity index (χ1) is 6.16. The Morgan fingerprint density at radius 1 is 1.54 bits per heavy atom. The molecule has 0 aromatic rings. The van der Waals surface area contributed by atoms with Gasteiger partial charge in [-0.1, -0.05) is 0 Å². The number of rotatable bonds is 6. The number of carbonyl (C=O) groups is 2. The summed E-state index contributed by atoms with van der Waals surface area (Å²) in [7, 11) is 0. The maximum atomic E-state index is 10.9. The summed E-state index contributed by atoms with van der Waals surface area (Å²) in [6.45, 7) is 0.140.